The van der Waals surface area contributed by atoms with Crippen LogP contribution in [0.3, 0.4) is 0 Å². The first-order valence-corrected chi connectivity index (χ1v) is 4.93. The maximum atomic E-state index is 8.48. The van der Waals surface area contributed by atoms with E-state index in [9.17, 15) is 0 Å². The van der Waals surface area contributed by atoms with Gasteiger partial charge in [-0.1, -0.05) is 0 Å². The van der Waals surface area contributed by atoms with Crippen LogP contribution in [0, 0.1) is 0 Å². The summed E-state index contributed by atoms with van der Waals surface area (Å²) in [6.07, 6.45) is 0. The Morgan fingerprint density at radius 3 is 0.333 bits per heavy atom. The summed E-state index contributed by atoms with van der Waals surface area (Å²) in [5, 5.41) is 0. The molecule has 15 heteroatoms. The predicted octanol–water partition coefficient (Wildman–Crippen LogP) is -8.12. The van der Waals surface area contributed by atoms with Crippen molar-refractivity contribution < 1.29 is 102 Å². The summed E-state index contributed by atoms with van der Waals surface area (Å²) in [4.78, 5) is 76.3. The summed E-state index contributed by atoms with van der Waals surface area (Å²) >= 11 is 0. The van der Waals surface area contributed by atoms with E-state index in [0.29, 0.717) is 0 Å². The Balaban J connectivity index is -0.0000000184. The number of hydrogen-bond acceptors (Lipinski definition) is 9. The molecule has 0 N–H and O–H groups in total. The van der Waals surface area contributed by atoms with Crippen molar-refractivity contribution in [1.29, 1.82) is 0 Å². The van der Waals surface area contributed by atoms with Crippen LogP contribution in [0.25, 0.3) is 0 Å². The van der Waals surface area contributed by atoms with E-state index in [1.807, 2.05) is 0 Å². The Morgan fingerprint density at radius 1 is 0.333 bits per heavy atom. The third-order valence-electron chi connectivity index (χ3n) is 0. The fraction of sp³-hybridized carbons (Fsp3) is 0. The molecular weight excluding hydrogens is 546 g/mol. The Labute approximate surface area is 127 Å². The van der Waals surface area contributed by atoms with Crippen LogP contribution in [0.2, 0.25) is 0 Å². The monoisotopic (exact) mass is 546 g/mol. The minimum Gasteiger partial charge on any atom is -0.854 e. The van der Waals surface area contributed by atoms with Crippen molar-refractivity contribution in [2.24, 2.45) is 0 Å². The average Bonchev–Trinajstić information content (AvgIpc) is 1.54. The maximum absolute atomic E-state index is 8.48. The normalized spacial score (nSPS) is 7.20. The van der Waals surface area contributed by atoms with Gasteiger partial charge in [0.2, 0.25) is 0 Å². The zero-order valence-corrected chi connectivity index (χ0v) is 13.6. The smallest absolute Gasteiger partial charge is 0.854 e. The van der Waals surface area contributed by atoms with Gasteiger partial charge in [-0.25, -0.2) is 0 Å². The van der Waals surface area contributed by atoms with Crippen LogP contribution in [-0.4, -0.2) is 0 Å². The van der Waals surface area contributed by atoms with Crippen molar-refractivity contribution in [1.82, 2.24) is 0 Å². The molecule has 0 aliphatic carbocycles. The van der Waals surface area contributed by atoms with E-state index in [-0.39, 0.29) is 58.4 Å². The Kier molecular flexibility index (Phi) is 72.5. The second-order valence-electron chi connectivity index (χ2n) is 0.671. The molecule has 0 saturated heterocycles. The molecule has 0 fully saturated rings. The van der Waals surface area contributed by atoms with Gasteiger partial charge in [-0.15, -0.1) is 0 Å². The predicted molar refractivity (Wildman–Crippen MR) is 20.8 cm³/mol. The summed E-state index contributed by atoms with van der Waals surface area (Å²) in [5.74, 6) is 0. The number of hydrogen-bond donors (Lipinski definition) is 0. The van der Waals surface area contributed by atoms with Crippen LogP contribution in [0.1, 0.15) is 0 Å². The fourth-order valence-corrected chi connectivity index (χ4v) is 0. The van der Waals surface area contributed by atoms with Crippen molar-refractivity contribution in [3.63, 3.8) is 0 Å². The minimum atomic E-state index is -3.37. The van der Waals surface area contributed by atoms with Gasteiger partial charge in [0.15, 0.2) is 0 Å². The van der Waals surface area contributed by atoms with Gasteiger partial charge in [-0.05, 0) is 0 Å². The molecule has 0 heterocycles. The molecular formula is O9P3Rh3. The Hall–Kier alpha value is 2.80. The largest absolute Gasteiger partial charge is 3.00 e. The third-order valence-corrected chi connectivity index (χ3v) is 0. The summed E-state index contributed by atoms with van der Waals surface area (Å²) in [5.41, 5.74) is 0. The zero-order chi connectivity index (χ0) is 10.7. The molecule has 0 bridgehead atoms. The molecule has 0 atom stereocenters. The van der Waals surface area contributed by atoms with Gasteiger partial charge in [-0.2, -0.15) is 0 Å². The molecule has 0 spiro atoms. The van der Waals surface area contributed by atoms with Gasteiger partial charge >= 0.3 is 58.4 Å². The van der Waals surface area contributed by atoms with Gasteiger partial charge in [0.25, 0.3) is 0 Å². The standard InChI is InChI=1S/3O3P.3Rh/c3*1-4(2)3;;;/q3*-3;3*+3. The first kappa shape index (κ1) is 36.1. The van der Waals surface area contributed by atoms with Crippen molar-refractivity contribution in [3.05, 3.63) is 0 Å². The first-order valence-electron chi connectivity index (χ1n) is 1.64. The van der Waals surface area contributed by atoms with E-state index >= 15 is 0 Å². The summed E-state index contributed by atoms with van der Waals surface area (Å²) in [7, 11) is -10.1. The van der Waals surface area contributed by atoms with E-state index in [2.05, 4.69) is 0 Å². The molecule has 9 nitrogen and oxygen atoms in total. The second kappa shape index (κ2) is 30.1. The van der Waals surface area contributed by atoms with Crippen LogP contribution in [0.4, 0.5) is 0 Å². The van der Waals surface area contributed by atoms with Crippen molar-refractivity contribution in [2.45, 2.75) is 0 Å². The molecule has 0 amide bonds. The van der Waals surface area contributed by atoms with Gasteiger partial charge in [0.05, 0.1) is 0 Å². The molecule has 0 aromatic rings. The molecule has 0 aliphatic rings. The van der Waals surface area contributed by atoms with E-state index < -0.39 is 25.8 Å². The van der Waals surface area contributed by atoms with E-state index in [1.165, 1.54) is 0 Å². The van der Waals surface area contributed by atoms with Crippen LogP contribution < -0.4 is 44.0 Å². The minimum absolute atomic E-state index is 0. The number of rotatable bonds is 0. The zero-order valence-electron chi connectivity index (χ0n) is 6.02. The molecule has 0 unspecified atom stereocenters. The Bertz CT molecular complexity index is 49.1. The van der Waals surface area contributed by atoms with E-state index in [0.717, 1.165) is 0 Å². The van der Waals surface area contributed by atoms with E-state index in [4.69, 9.17) is 44.0 Å². The van der Waals surface area contributed by atoms with Gasteiger partial charge < -0.3 is 69.8 Å². The summed E-state index contributed by atoms with van der Waals surface area (Å²) < 4.78 is 0. The van der Waals surface area contributed by atoms with Crippen LogP contribution >= 0.6 is 25.8 Å². The van der Waals surface area contributed by atoms with E-state index in [1.54, 1.807) is 0 Å². The molecule has 0 saturated carbocycles. The molecule has 0 aromatic carbocycles. The quantitative estimate of drug-likeness (QED) is 0.209. The average molecular weight is 546 g/mol. The van der Waals surface area contributed by atoms with Crippen molar-refractivity contribution in [2.75, 3.05) is 0 Å². The van der Waals surface area contributed by atoms with Crippen molar-refractivity contribution >= 4 is 25.8 Å². The first-order chi connectivity index (χ1) is 5.20. The SMILES string of the molecule is [O-]P([O-])[O-].[O-]P([O-])[O-].[O-]P([O-])[O-].[Rh+3].[Rh+3].[Rh+3]. The molecule has 0 radical (unpaired) electrons. The van der Waals surface area contributed by atoms with Gasteiger partial charge in [-0.3, -0.25) is 0 Å². The third kappa shape index (κ3) is 469. The Morgan fingerprint density at radius 2 is 0.333 bits per heavy atom. The van der Waals surface area contributed by atoms with Gasteiger partial charge in [0.1, 0.15) is 0 Å². The molecule has 15 heavy (non-hydrogen) atoms. The topological polar surface area (TPSA) is 208 Å². The summed E-state index contributed by atoms with van der Waals surface area (Å²) in [6.45, 7) is 0. The maximum Gasteiger partial charge on any atom is 3.00 e. The van der Waals surface area contributed by atoms with Crippen LogP contribution in [-0.2, 0) is 58.4 Å². The molecule has 96 valence electrons. The molecule has 0 rings (SSSR count). The van der Waals surface area contributed by atoms with Gasteiger partial charge in [0, 0.05) is 0 Å². The summed E-state index contributed by atoms with van der Waals surface area (Å²) in [6, 6.07) is 0. The van der Waals surface area contributed by atoms with Crippen molar-refractivity contribution in [3.8, 4) is 0 Å². The van der Waals surface area contributed by atoms with Crippen LogP contribution in [0.5, 0.6) is 0 Å². The second-order valence-corrected chi connectivity index (χ2v) is 2.01. The fourth-order valence-electron chi connectivity index (χ4n) is 0. The van der Waals surface area contributed by atoms with Crippen LogP contribution in [0.15, 0.2) is 0 Å². The molecule has 0 aromatic heterocycles. The molecule has 0 aliphatic heterocycles.